The Morgan fingerprint density at radius 2 is 1.30 bits per heavy atom. The number of rotatable bonds is 3. The first-order chi connectivity index (χ1) is 19.5. The lowest BCUT2D eigenvalue weighted by Gasteiger charge is -2.47. The second-order valence-corrected chi connectivity index (χ2v) is 12.8. The summed E-state index contributed by atoms with van der Waals surface area (Å²) in [5, 5.41) is 14.3. The van der Waals surface area contributed by atoms with Gasteiger partial charge in [-0.1, -0.05) is 81.7 Å². The summed E-state index contributed by atoms with van der Waals surface area (Å²) < 4.78 is 0. The summed E-state index contributed by atoms with van der Waals surface area (Å²) >= 11 is 0. The van der Waals surface area contributed by atoms with E-state index in [1.54, 1.807) is 4.90 Å². The van der Waals surface area contributed by atoms with Crippen molar-refractivity contribution < 1.29 is 14.7 Å². The highest BCUT2D eigenvalue weighted by atomic mass is 16.3. The third-order valence-electron chi connectivity index (χ3n) is 10.0. The van der Waals surface area contributed by atoms with Crippen LogP contribution in [0.1, 0.15) is 104 Å². The Morgan fingerprint density at radius 1 is 0.725 bits per heavy atom. The number of amides is 2. The number of piperazine rings is 1. The molecule has 2 amide bonds. The monoisotopic (exact) mass is 543 g/mol. The van der Waals surface area contributed by atoms with Crippen molar-refractivity contribution in [1.29, 1.82) is 0 Å². The highest BCUT2D eigenvalue weighted by Crippen LogP contribution is 2.47. The van der Waals surface area contributed by atoms with Crippen molar-refractivity contribution in [1.82, 2.24) is 9.80 Å². The number of para-hydroxylation sites is 1. The van der Waals surface area contributed by atoms with Crippen molar-refractivity contribution in [3.8, 4) is 0 Å². The Hall–Kier alpha value is -2.86. The average molecular weight is 544 g/mol. The zero-order chi connectivity index (χ0) is 27.6. The third kappa shape index (κ3) is 5.65. The summed E-state index contributed by atoms with van der Waals surface area (Å²) in [6.07, 6.45) is 15.1. The van der Waals surface area contributed by atoms with Crippen LogP contribution in [0.4, 0.5) is 5.69 Å². The van der Waals surface area contributed by atoms with Crippen molar-refractivity contribution in [2.45, 2.75) is 101 Å². The summed E-state index contributed by atoms with van der Waals surface area (Å²) in [4.78, 5) is 29.4. The molecule has 2 aliphatic heterocycles. The molecule has 1 saturated heterocycles. The minimum Gasteiger partial charge on any atom is -0.380 e. The number of carbonyl (C=O) groups excluding carboxylic acids is 2. The molecule has 1 spiro atoms. The second-order valence-electron chi connectivity index (χ2n) is 12.8. The maximum atomic E-state index is 13.4. The van der Waals surface area contributed by atoms with Crippen LogP contribution >= 0.6 is 0 Å². The molecule has 3 fully saturated rings. The maximum Gasteiger partial charge on any atom is 0.254 e. The Labute approximate surface area is 239 Å². The Morgan fingerprint density at radius 3 is 1.93 bits per heavy atom. The number of hydrogen-bond acceptors (Lipinski definition) is 4. The Kier molecular flexibility index (Phi) is 7.89. The van der Waals surface area contributed by atoms with Crippen LogP contribution in [0.2, 0.25) is 0 Å². The molecule has 2 heterocycles. The van der Waals surface area contributed by atoms with Crippen LogP contribution in [0.5, 0.6) is 0 Å². The number of anilines is 1. The van der Waals surface area contributed by atoms with E-state index in [1.807, 2.05) is 17.0 Å². The zero-order valence-electron chi connectivity index (χ0n) is 23.9. The summed E-state index contributed by atoms with van der Waals surface area (Å²) in [6.45, 7) is 1.99. The smallest absolute Gasteiger partial charge is 0.254 e. The molecule has 2 aromatic rings. The van der Waals surface area contributed by atoms with Gasteiger partial charge in [0.25, 0.3) is 11.8 Å². The lowest BCUT2D eigenvalue weighted by molar-refractivity contribution is -0.143. The van der Waals surface area contributed by atoms with Crippen molar-refractivity contribution in [2.24, 2.45) is 0 Å². The molecule has 1 atom stereocenters. The molecule has 4 aliphatic rings. The normalized spacial score (nSPS) is 24.4. The summed E-state index contributed by atoms with van der Waals surface area (Å²) in [5.41, 5.74) is 3.62. The van der Waals surface area contributed by atoms with E-state index in [0.29, 0.717) is 50.5 Å². The first-order valence-corrected chi connectivity index (χ1v) is 15.7. The summed E-state index contributed by atoms with van der Waals surface area (Å²) in [5.74, 6) is 0.229. The van der Waals surface area contributed by atoms with E-state index < -0.39 is 5.60 Å². The number of hydrogen-bond donors (Lipinski definition) is 2. The predicted molar refractivity (Wildman–Crippen MR) is 159 cm³/mol. The van der Waals surface area contributed by atoms with Gasteiger partial charge in [0, 0.05) is 48.9 Å². The molecule has 40 heavy (non-hydrogen) atoms. The standard InChI is InChI=1S/C34H45N3O3/c38-31(36-21-23-37(24-22-36)32(39)34(40)19-20-34)27-15-13-26(14-16-27)29-25-28-11-7-8-12-30(28)35-33(29)17-9-5-3-1-2-4-6-10-18-33/h7-8,11-16,29,35,40H,1-6,9-10,17-25H2. The van der Waals surface area contributed by atoms with Gasteiger partial charge in [0.1, 0.15) is 5.60 Å². The molecular formula is C34H45N3O3. The minimum atomic E-state index is -1.14. The molecule has 0 aromatic heterocycles. The lowest BCUT2D eigenvalue weighted by Crippen LogP contribution is -2.53. The fourth-order valence-electron chi connectivity index (χ4n) is 7.35. The number of aliphatic hydroxyl groups is 1. The van der Waals surface area contributed by atoms with E-state index in [4.69, 9.17) is 0 Å². The summed E-state index contributed by atoms with van der Waals surface area (Å²) in [6, 6.07) is 17.2. The van der Waals surface area contributed by atoms with Gasteiger partial charge in [0.2, 0.25) is 0 Å². The predicted octanol–water partition coefficient (Wildman–Crippen LogP) is 5.90. The van der Waals surface area contributed by atoms with E-state index in [9.17, 15) is 14.7 Å². The minimum absolute atomic E-state index is 0.0283. The van der Waals surface area contributed by atoms with Gasteiger partial charge in [-0.3, -0.25) is 9.59 Å². The molecule has 6 rings (SSSR count). The van der Waals surface area contributed by atoms with Crippen LogP contribution in [0.3, 0.4) is 0 Å². The Balaban J connectivity index is 1.19. The fraction of sp³-hybridized carbons (Fsp3) is 0.588. The average Bonchev–Trinajstić information content (AvgIpc) is 3.75. The first-order valence-electron chi connectivity index (χ1n) is 15.7. The molecule has 0 radical (unpaired) electrons. The van der Waals surface area contributed by atoms with Crippen LogP contribution in [0, 0.1) is 0 Å². The second kappa shape index (κ2) is 11.6. The summed E-state index contributed by atoms with van der Waals surface area (Å²) in [7, 11) is 0. The maximum absolute atomic E-state index is 13.4. The van der Waals surface area contributed by atoms with Gasteiger partial charge in [-0.25, -0.2) is 0 Å². The van der Waals surface area contributed by atoms with E-state index >= 15 is 0 Å². The molecule has 2 aromatic carbocycles. The van der Waals surface area contributed by atoms with Gasteiger partial charge in [0.05, 0.1) is 0 Å². The Bertz CT molecular complexity index is 1190. The van der Waals surface area contributed by atoms with E-state index in [2.05, 4.69) is 41.7 Å². The van der Waals surface area contributed by atoms with Crippen LogP contribution in [0.25, 0.3) is 0 Å². The number of nitrogens with zero attached hydrogens (tertiary/aromatic N) is 2. The lowest BCUT2D eigenvalue weighted by atomic mass is 9.68. The van der Waals surface area contributed by atoms with Crippen molar-refractivity contribution in [2.75, 3.05) is 31.5 Å². The van der Waals surface area contributed by atoms with E-state index in [0.717, 1.165) is 6.42 Å². The van der Waals surface area contributed by atoms with Crippen LogP contribution < -0.4 is 5.32 Å². The molecule has 6 nitrogen and oxygen atoms in total. The topological polar surface area (TPSA) is 72.9 Å². The number of fused-ring (bicyclic) bond motifs is 1. The van der Waals surface area contributed by atoms with Crippen LogP contribution in [-0.2, 0) is 11.2 Å². The number of benzene rings is 2. The highest BCUT2D eigenvalue weighted by Gasteiger charge is 2.50. The molecule has 0 bridgehead atoms. The third-order valence-corrected chi connectivity index (χ3v) is 10.0. The molecule has 2 aliphatic carbocycles. The quantitative estimate of drug-likeness (QED) is 0.506. The van der Waals surface area contributed by atoms with Crippen molar-refractivity contribution in [3.63, 3.8) is 0 Å². The van der Waals surface area contributed by atoms with Gasteiger partial charge in [-0.2, -0.15) is 0 Å². The zero-order valence-corrected chi connectivity index (χ0v) is 23.9. The molecule has 2 saturated carbocycles. The van der Waals surface area contributed by atoms with Gasteiger partial charge in [-0.05, 0) is 61.4 Å². The van der Waals surface area contributed by atoms with Gasteiger partial charge in [0.15, 0.2) is 0 Å². The highest BCUT2D eigenvalue weighted by molar-refractivity contribution is 5.94. The molecule has 1 unspecified atom stereocenters. The SMILES string of the molecule is O=C(c1ccc(C2Cc3ccccc3NC23CCCCCCCCCC3)cc1)N1CCN(C(=O)C2(O)CC2)CC1. The van der Waals surface area contributed by atoms with Crippen LogP contribution in [-0.4, -0.2) is 64.0 Å². The van der Waals surface area contributed by atoms with Crippen LogP contribution in [0.15, 0.2) is 48.5 Å². The molecule has 214 valence electrons. The largest absolute Gasteiger partial charge is 0.380 e. The van der Waals surface area contributed by atoms with Crippen molar-refractivity contribution >= 4 is 17.5 Å². The van der Waals surface area contributed by atoms with Crippen molar-refractivity contribution in [3.05, 3.63) is 65.2 Å². The molecular weight excluding hydrogens is 498 g/mol. The van der Waals surface area contributed by atoms with E-state index in [1.165, 1.54) is 81.0 Å². The number of carbonyl (C=O) groups is 2. The molecule has 2 N–H and O–H groups in total. The van der Waals surface area contributed by atoms with Gasteiger partial charge < -0.3 is 20.2 Å². The van der Waals surface area contributed by atoms with Gasteiger partial charge in [-0.15, -0.1) is 0 Å². The number of nitrogens with one attached hydrogen (secondary N) is 1. The first kappa shape index (κ1) is 27.3. The van der Waals surface area contributed by atoms with E-state index in [-0.39, 0.29) is 17.4 Å². The fourth-order valence-corrected chi connectivity index (χ4v) is 7.35. The molecule has 6 heteroatoms. The van der Waals surface area contributed by atoms with Gasteiger partial charge >= 0.3 is 0 Å².